The van der Waals surface area contributed by atoms with Crippen LogP contribution < -0.4 is 19.5 Å². The van der Waals surface area contributed by atoms with E-state index < -0.39 is 5.97 Å². The van der Waals surface area contributed by atoms with E-state index >= 15 is 0 Å². The van der Waals surface area contributed by atoms with Gasteiger partial charge < -0.3 is 34.1 Å². The second-order valence-corrected chi connectivity index (χ2v) is 8.15. The molecule has 1 heterocycles. The van der Waals surface area contributed by atoms with Crippen LogP contribution in [0, 0.1) is 13.8 Å². The van der Waals surface area contributed by atoms with Gasteiger partial charge in [0.15, 0.2) is 0 Å². The molecule has 0 aliphatic heterocycles. The van der Waals surface area contributed by atoms with E-state index in [1.165, 1.54) is 7.11 Å². The molecule has 9 heteroatoms. The average molecular weight is 496 g/mol. The molecule has 0 spiro atoms. The minimum absolute atomic E-state index is 0.262. The number of H-pyrrole nitrogens is 1. The number of ether oxygens (including phenoxy) is 4. The summed E-state index contributed by atoms with van der Waals surface area (Å²) in [7, 11) is 4.70. The lowest BCUT2D eigenvalue weighted by molar-refractivity contribution is 0.0519. The number of methoxy groups -OCH3 is 3. The Kier molecular flexibility index (Phi) is 8.83. The highest BCUT2D eigenvalue weighted by Gasteiger charge is 2.23. The topological polar surface area (TPSA) is 102 Å². The van der Waals surface area contributed by atoms with Crippen molar-refractivity contribution in [2.45, 2.75) is 33.9 Å². The first-order chi connectivity index (χ1) is 17.3. The molecule has 9 nitrogen and oxygen atoms in total. The number of urea groups is 1. The van der Waals surface area contributed by atoms with Crippen molar-refractivity contribution < 1.29 is 28.5 Å². The quantitative estimate of drug-likeness (QED) is 0.381. The van der Waals surface area contributed by atoms with Gasteiger partial charge in [-0.25, -0.2) is 9.59 Å². The Hall–Kier alpha value is -4.14. The van der Waals surface area contributed by atoms with Crippen LogP contribution in [0.5, 0.6) is 17.2 Å². The molecule has 0 fully saturated rings. The van der Waals surface area contributed by atoms with E-state index in [-0.39, 0.29) is 19.2 Å². The number of aromatic nitrogens is 1. The van der Waals surface area contributed by atoms with Gasteiger partial charge in [-0.15, -0.1) is 0 Å². The predicted molar refractivity (Wildman–Crippen MR) is 137 cm³/mol. The molecule has 3 aromatic rings. The number of nitrogens with zero attached hydrogens (tertiary/aromatic N) is 1. The number of hydrogen-bond donors (Lipinski definition) is 2. The highest BCUT2D eigenvalue weighted by atomic mass is 16.5. The van der Waals surface area contributed by atoms with Gasteiger partial charge in [0.05, 0.1) is 33.6 Å². The highest BCUT2D eigenvalue weighted by molar-refractivity contribution is 5.92. The Morgan fingerprint density at radius 2 is 1.58 bits per heavy atom. The molecule has 0 aliphatic rings. The molecule has 2 amide bonds. The summed E-state index contributed by atoms with van der Waals surface area (Å²) in [5, 5.41) is 2.94. The number of carbonyl (C=O) groups is 2. The number of esters is 1. The molecule has 0 saturated heterocycles. The molecule has 0 unspecified atom stereocenters. The summed E-state index contributed by atoms with van der Waals surface area (Å²) < 4.78 is 21.2. The smallest absolute Gasteiger partial charge is 0.355 e. The van der Waals surface area contributed by atoms with Gasteiger partial charge in [-0.2, -0.15) is 0 Å². The van der Waals surface area contributed by atoms with Gasteiger partial charge in [0, 0.05) is 24.8 Å². The van der Waals surface area contributed by atoms with E-state index in [1.807, 2.05) is 38.1 Å². The maximum absolute atomic E-state index is 13.6. The van der Waals surface area contributed by atoms with E-state index in [2.05, 4.69) is 10.3 Å². The maximum atomic E-state index is 13.6. The number of aryl methyl sites for hydroxylation is 1. The van der Waals surface area contributed by atoms with Gasteiger partial charge in [0.2, 0.25) is 0 Å². The van der Waals surface area contributed by atoms with Crippen molar-refractivity contribution in [3.05, 3.63) is 70.5 Å². The zero-order valence-corrected chi connectivity index (χ0v) is 21.6. The summed E-state index contributed by atoms with van der Waals surface area (Å²) in [4.78, 5) is 30.7. The van der Waals surface area contributed by atoms with Crippen LogP contribution in [0.2, 0.25) is 0 Å². The maximum Gasteiger partial charge on any atom is 0.355 e. The monoisotopic (exact) mass is 495 g/mol. The zero-order chi connectivity index (χ0) is 26.2. The number of rotatable bonds is 10. The molecule has 2 N–H and O–H groups in total. The normalized spacial score (nSPS) is 10.5. The second kappa shape index (κ2) is 12.0. The molecule has 36 heavy (non-hydrogen) atoms. The summed E-state index contributed by atoms with van der Waals surface area (Å²) >= 11 is 0. The lowest BCUT2D eigenvalue weighted by Crippen LogP contribution is -2.34. The molecule has 0 saturated carbocycles. The molecule has 0 bridgehead atoms. The fourth-order valence-electron chi connectivity index (χ4n) is 3.88. The molecule has 2 aromatic carbocycles. The number of nitrogens with one attached hydrogen (secondary N) is 2. The van der Waals surface area contributed by atoms with E-state index in [0.717, 1.165) is 28.1 Å². The van der Waals surface area contributed by atoms with Crippen molar-refractivity contribution in [1.82, 2.24) is 9.88 Å². The first-order valence-corrected chi connectivity index (χ1v) is 11.6. The summed E-state index contributed by atoms with van der Waals surface area (Å²) in [6, 6.07) is 12.4. The van der Waals surface area contributed by atoms with Crippen molar-refractivity contribution >= 4 is 17.7 Å². The molecule has 3 rings (SSSR count). The van der Waals surface area contributed by atoms with Gasteiger partial charge in [0.1, 0.15) is 22.9 Å². The number of amides is 2. The van der Waals surface area contributed by atoms with E-state index in [1.54, 1.807) is 44.2 Å². The first-order valence-electron chi connectivity index (χ1n) is 11.6. The predicted octanol–water partition coefficient (Wildman–Crippen LogP) is 5.07. The average Bonchev–Trinajstić information content (AvgIpc) is 3.17. The Morgan fingerprint density at radius 3 is 2.19 bits per heavy atom. The number of anilines is 1. The summed E-state index contributed by atoms with van der Waals surface area (Å²) in [5.41, 5.74) is 4.18. The molecular weight excluding hydrogens is 462 g/mol. The van der Waals surface area contributed by atoms with Crippen molar-refractivity contribution in [2.75, 3.05) is 33.3 Å². The van der Waals surface area contributed by atoms with Crippen LogP contribution in [0.3, 0.4) is 0 Å². The number of benzene rings is 2. The van der Waals surface area contributed by atoms with Crippen LogP contribution in [0.1, 0.15) is 39.8 Å². The third-order valence-electron chi connectivity index (χ3n) is 5.89. The van der Waals surface area contributed by atoms with Crippen molar-refractivity contribution in [3.63, 3.8) is 0 Å². The lowest BCUT2D eigenvalue weighted by atomic mass is 10.1. The van der Waals surface area contributed by atoms with Crippen molar-refractivity contribution in [3.8, 4) is 17.2 Å². The van der Waals surface area contributed by atoms with Crippen molar-refractivity contribution in [1.29, 1.82) is 0 Å². The first kappa shape index (κ1) is 26.5. The number of hydrogen-bond acceptors (Lipinski definition) is 6. The fraction of sp³-hybridized carbons (Fsp3) is 0.333. The van der Waals surface area contributed by atoms with Crippen LogP contribution in [0.15, 0.2) is 42.5 Å². The zero-order valence-electron chi connectivity index (χ0n) is 21.6. The summed E-state index contributed by atoms with van der Waals surface area (Å²) in [6.07, 6.45) is 0. The third-order valence-corrected chi connectivity index (χ3v) is 5.89. The Morgan fingerprint density at radius 1 is 0.917 bits per heavy atom. The van der Waals surface area contributed by atoms with Gasteiger partial charge in [-0.05, 0) is 61.7 Å². The lowest BCUT2D eigenvalue weighted by Gasteiger charge is -2.25. The minimum atomic E-state index is -0.420. The van der Waals surface area contributed by atoms with Gasteiger partial charge in [-0.1, -0.05) is 12.1 Å². The van der Waals surface area contributed by atoms with Crippen LogP contribution in [-0.2, 0) is 17.8 Å². The molecule has 1 aromatic heterocycles. The van der Waals surface area contributed by atoms with Crippen LogP contribution in [-0.4, -0.2) is 49.8 Å². The van der Waals surface area contributed by atoms with E-state index in [9.17, 15) is 9.59 Å². The largest absolute Gasteiger partial charge is 0.497 e. The number of aromatic amines is 1. The van der Waals surface area contributed by atoms with Gasteiger partial charge in [-0.3, -0.25) is 0 Å². The second-order valence-electron chi connectivity index (χ2n) is 8.15. The minimum Gasteiger partial charge on any atom is -0.497 e. The van der Waals surface area contributed by atoms with Gasteiger partial charge >= 0.3 is 12.0 Å². The molecule has 0 atom stereocenters. The Bertz CT molecular complexity index is 1200. The molecule has 0 aliphatic carbocycles. The summed E-state index contributed by atoms with van der Waals surface area (Å²) in [6.45, 7) is 6.34. The van der Waals surface area contributed by atoms with Gasteiger partial charge in [0.25, 0.3) is 0 Å². The highest BCUT2D eigenvalue weighted by Crippen LogP contribution is 2.30. The van der Waals surface area contributed by atoms with E-state index in [4.69, 9.17) is 18.9 Å². The van der Waals surface area contributed by atoms with Crippen molar-refractivity contribution in [2.24, 2.45) is 0 Å². The molecule has 0 radical (unpaired) electrons. The van der Waals surface area contributed by atoms with Crippen LogP contribution in [0.4, 0.5) is 10.5 Å². The Balaban J connectivity index is 1.94. The third kappa shape index (κ3) is 6.10. The summed E-state index contributed by atoms with van der Waals surface area (Å²) in [5.74, 6) is 1.40. The van der Waals surface area contributed by atoms with Crippen LogP contribution >= 0.6 is 0 Å². The fourth-order valence-corrected chi connectivity index (χ4v) is 3.88. The standard InChI is InChI=1S/C27H33N3O6/c1-7-36-26(31)25-17(2)22(18(3)28-25)16-30(15-19-8-10-20(33-4)11-9-19)27(32)29-23-14-21(34-5)12-13-24(23)35-6/h8-14,28H,7,15-16H2,1-6H3,(H,29,32). The molecule has 192 valence electrons. The SMILES string of the molecule is CCOC(=O)c1[nH]c(C)c(CN(Cc2ccc(OC)cc2)C(=O)Nc2cc(OC)ccc2OC)c1C. The molecular formula is C27H33N3O6. The van der Waals surface area contributed by atoms with E-state index in [0.29, 0.717) is 29.4 Å². The van der Waals surface area contributed by atoms with Crippen LogP contribution in [0.25, 0.3) is 0 Å². The number of carbonyl (C=O) groups excluding carboxylic acids is 2. The Labute approximate surface area is 211 Å².